The summed E-state index contributed by atoms with van der Waals surface area (Å²) >= 11 is 6.13. The minimum absolute atomic E-state index is 0.508. The maximum absolute atomic E-state index is 6.13. The van der Waals surface area contributed by atoms with E-state index in [-0.39, 0.29) is 0 Å². The van der Waals surface area contributed by atoms with E-state index in [1.807, 2.05) is 24.4 Å². The quantitative estimate of drug-likeness (QED) is 0.803. The molecule has 19 heavy (non-hydrogen) atoms. The third-order valence-electron chi connectivity index (χ3n) is 3.96. The van der Waals surface area contributed by atoms with Crippen molar-refractivity contribution in [3.8, 4) is 0 Å². The molecule has 2 aromatic rings. The van der Waals surface area contributed by atoms with E-state index in [2.05, 4.69) is 20.5 Å². The van der Waals surface area contributed by atoms with Crippen LogP contribution in [0.25, 0.3) is 5.65 Å². The lowest BCUT2D eigenvalue weighted by molar-refractivity contribution is 0.205. The molecule has 0 spiro atoms. The second-order valence-electron chi connectivity index (χ2n) is 5.33. The number of nitrogens with zero attached hydrogens (tertiary/aromatic N) is 3. The molecule has 0 aromatic carbocycles. The third kappa shape index (κ3) is 2.93. The fourth-order valence-electron chi connectivity index (χ4n) is 2.89. The monoisotopic (exact) mass is 277 g/mol. The summed E-state index contributed by atoms with van der Waals surface area (Å²) in [5.74, 6) is 0.730. The Morgan fingerprint density at radius 3 is 3.05 bits per heavy atom. The van der Waals surface area contributed by atoms with Crippen LogP contribution in [-0.4, -0.2) is 32.8 Å². The normalized spacial score (nSPS) is 21.6. The van der Waals surface area contributed by atoms with E-state index < -0.39 is 0 Å². The molecule has 4 heteroatoms. The van der Waals surface area contributed by atoms with Gasteiger partial charge in [0.15, 0.2) is 0 Å². The summed E-state index contributed by atoms with van der Waals surface area (Å²) in [5.41, 5.74) is 2.16. The molecule has 3 heterocycles. The van der Waals surface area contributed by atoms with Crippen molar-refractivity contribution in [2.45, 2.75) is 38.3 Å². The molecule has 0 saturated carbocycles. The largest absolute Gasteiger partial charge is 0.307 e. The molecule has 1 aliphatic rings. The van der Waals surface area contributed by atoms with E-state index in [4.69, 9.17) is 11.6 Å². The van der Waals surface area contributed by atoms with Gasteiger partial charge in [-0.15, -0.1) is 11.6 Å². The molecule has 0 radical (unpaired) electrons. The lowest BCUT2D eigenvalue weighted by atomic mass is 10.1. The van der Waals surface area contributed by atoms with Gasteiger partial charge in [0.2, 0.25) is 0 Å². The first-order valence-corrected chi connectivity index (χ1v) is 7.63. The number of rotatable bonds is 3. The summed E-state index contributed by atoms with van der Waals surface area (Å²) in [6.07, 6.45) is 9.31. The average molecular weight is 278 g/mol. The molecule has 1 fully saturated rings. The van der Waals surface area contributed by atoms with E-state index in [0.717, 1.165) is 30.3 Å². The van der Waals surface area contributed by atoms with E-state index >= 15 is 0 Å². The number of aromatic nitrogens is 2. The fourth-order valence-corrected chi connectivity index (χ4v) is 3.24. The number of pyridine rings is 1. The summed E-state index contributed by atoms with van der Waals surface area (Å²) in [5, 5.41) is 0. The lowest BCUT2D eigenvalue weighted by Crippen LogP contribution is -2.35. The van der Waals surface area contributed by atoms with Gasteiger partial charge in [-0.05, 0) is 31.5 Å². The van der Waals surface area contributed by atoms with Crippen molar-refractivity contribution >= 4 is 17.2 Å². The van der Waals surface area contributed by atoms with Gasteiger partial charge >= 0.3 is 0 Å². The van der Waals surface area contributed by atoms with Gasteiger partial charge in [0, 0.05) is 30.9 Å². The number of hydrogen-bond acceptors (Lipinski definition) is 2. The van der Waals surface area contributed by atoms with Crippen LogP contribution < -0.4 is 0 Å². The molecule has 1 atom stereocenters. The van der Waals surface area contributed by atoms with Crippen molar-refractivity contribution in [2.24, 2.45) is 0 Å². The van der Waals surface area contributed by atoms with Gasteiger partial charge in [0.1, 0.15) is 5.65 Å². The highest BCUT2D eigenvalue weighted by Gasteiger charge is 2.20. The Bertz CT molecular complexity index is 504. The highest BCUT2D eigenvalue weighted by Crippen LogP contribution is 2.20. The smallest absolute Gasteiger partial charge is 0.137 e. The molecule has 0 aliphatic carbocycles. The van der Waals surface area contributed by atoms with Gasteiger partial charge in [0.25, 0.3) is 0 Å². The second-order valence-corrected chi connectivity index (χ2v) is 5.63. The van der Waals surface area contributed by atoms with E-state index in [0.29, 0.717) is 6.04 Å². The van der Waals surface area contributed by atoms with Gasteiger partial charge in [0.05, 0.1) is 5.69 Å². The Morgan fingerprint density at radius 2 is 2.21 bits per heavy atom. The summed E-state index contributed by atoms with van der Waals surface area (Å²) in [7, 11) is 0. The standard InChI is InChI=1S/C15H20ClN3/c16-10-14-6-2-1-4-8-18(14)11-13-12-19-9-5-3-7-15(19)17-13/h3,5,7,9,12,14H,1-2,4,6,8,10-11H2. The number of halogens is 1. The molecule has 2 aromatic heterocycles. The Morgan fingerprint density at radius 1 is 1.26 bits per heavy atom. The first-order valence-electron chi connectivity index (χ1n) is 7.09. The maximum Gasteiger partial charge on any atom is 0.137 e. The SMILES string of the molecule is ClCC1CCCCCN1Cc1cn2ccccc2n1. The molecule has 3 rings (SSSR count). The van der Waals surface area contributed by atoms with Crippen molar-refractivity contribution in [3.05, 3.63) is 36.3 Å². The van der Waals surface area contributed by atoms with Gasteiger partial charge in [-0.1, -0.05) is 18.9 Å². The van der Waals surface area contributed by atoms with Crippen LogP contribution in [0, 0.1) is 0 Å². The summed E-state index contributed by atoms with van der Waals surface area (Å²) in [6.45, 7) is 2.06. The molecule has 1 unspecified atom stereocenters. The first kappa shape index (κ1) is 12.9. The van der Waals surface area contributed by atoms with E-state index in [1.54, 1.807) is 0 Å². The molecular formula is C15H20ClN3. The van der Waals surface area contributed by atoms with Crippen LogP contribution >= 0.6 is 11.6 Å². The van der Waals surface area contributed by atoms with E-state index in [9.17, 15) is 0 Å². The molecule has 0 amide bonds. The summed E-state index contributed by atoms with van der Waals surface area (Å²) in [4.78, 5) is 7.19. The lowest BCUT2D eigenvalue weighted by Gasteiger charge is -2.27. The zero-order valence-electron chi connectivity index (χ0n) is 11.1. The number of imidazole rings is 1. The molecule has 102 valence electrons. The van der Waals surface area contributed by atoms with Crippen LogP contribution in [-0.2, 0) is 6.54 Å². The Labute approximate surface area is 119 Å². The fraction of sp³-hybridized carbons (Fsp3) is 0.533. The van der Waals surface area contributed by atoms with Crippen molar-refractivity contribution in [1.82, 2.24) is 14.3 Å². The zero-order chi connectivity index (χ0) is 13.1. The zero-order valence-corrected chi connectivity index (χ0v) is 11.9. The van der Waals surface area contributed by atoms with Crippen LogP contribution in [0.1, 0.15) is 31.4 Å². The van der Waals surface area contributed by atoms with Gasteiger partial charge in [-0.25, -0.2) is 4.98 Å². The van der Waals surface area contributed by atoms with Crippen molar-refractivity contribution in [1.29, 1.82) is 0 Å². The maximum atomic E-state index is 6.13. The highest BCUT2D eigenvalue weighted by molar-refractivity contribution is 6.18. The van der Waals surface area contributed by atoms with Crippen LogP contribution in [0.5, 0.6) is 0 Å². The second kappa shape index (κ2) is 5.93. The van der Waals surface area contributed by atoms with Gasteiger partial charge < -0.3 is 4.40 Å². The Balaban J connectivity index is 1.78. The van der Waals surface area contributed by atoms with Gasteiger partial charge in [-0.2, -0.15) is 0 Å². The predicted octanol–water partition coefficient (Wildman–Crippen LogP) is 3.32. The minimum Gasteiger partial charge on any atom is -0.307 e. The number of likely N-dealkylation sites (tertiary alicyclic amines) is 1. The van der Waals surface area contributed by atoms with Crippen molar-refractivity contribution in [3.63, 3.8) is 0 Å². The van der Waals surface area contributed by atoms with Crippen molar-refractivity contribution in [2.75, 3.05) is 12.4 Å². The highest BCUT2D eigenvalue weighted by atomic mass is 35.5. The van der Waals surface area contributed by atoms with E-state index in [1.165, 1.54) is 25.7 Å². The first-order chi connectivity index (χ1) is 9.36. The number of alkyl halides is 1. The van der Waals surface area contributed by atoms with Crippen molar-refractivity contribution < 1.29 is 0 Å². The predicted molar refractivity (Wildman–Crippen MR) is 78.6 cm³/mol. The summed E-state index contributed by atoms with van der Waals surface area (Å²) < 4.78 is 2.09. The molecule has 0 bridgehead atoms. The average Bonchev–Trinajstić information content (AvgIpc) is 2.70. The minimum atomic E-state index is 0.508. The van der Waals surface area contributed by atoms with Crippen LogP contribution in [0.4, 0.5) is 0 Å². The topological polar surface area (TPSA) is 20.5 Å². The van der Waals surface area contributed by atoms with Crippen LogP contribution in [0.2, 0.25) is 0 Å². The molecule has 0 N–H and O–H groups in total. The summed E-state index contributed by atoms with van der Waals surface area (Å²) in [6, 6.07) is 6.62. The Hall–Kier alpha value is -1.06. The Kier molecular flexibility index (Phi) is 4.04. The van der Waals surface area contributed by atoms with Crippen LogP contribution in [0.15, 0.2) is 30.6 Å². The van der Waals surface area contributed by atoms with Gasteiger partial charge in [-0.3, -0.25) is 4.90 Å². The van der Waals surface area contributed by atoms with Crippen LogP contribution in [0.3, 0.4) is 0 Å². The molecule has 3 nitrogen and oxygen atoms in total. The molecule has 1 aliphatic heterocycles. The third-order valence-corrected chi connectivity index (χ3v) is 4.31. The molecule has 1 saturated heterocycles. The molecular weight excluding hydrogens is 258 g/mol. The number of fused-ring (bicyclic) bond motifs is 1. The number of hydrogen-bond donors (Lipinski definition) is 0.